The largest absolute Gasteiger partial charge is 0.399 e. The lowest BCUT2D eigenvalue weighted by Gasteiger charge is -2.37. The Labute approximate surface area is 215 Å². The maximum atomic E-state index is 11.9. The Morgan fingerprint density at radius 2 is 1.81 bits per heavy atom. The zero-order valence-electron chi connectivity index (χ0n) is 20.4. The van der Waals surface area contributed by atoms with Gasteiger partial charge in [-0.25, -0.2) is 18.4 Å². The van der Waals surface area contributed by atoms with E-state index in [4.69, 9.17) is 16.5 Å². The second-order valence-electron chi connectivity index (χ2n) is 9.01. The number of hydrogen-bond acceptors (Lipinski definition) is 11. The van der Waals surface area contributed by atoms with E-state index in [1.165, 1.54) is 10.6 Å². The summed E-state index contributed by atoms with van der Waals surface area (Å²) < 4.78 is 25.4. The molecule has 0 bridgehead atoms. The minimum atomic E-state index is -3.19. The smallest absolute Gasteiger partial charge is 0.223 e. The Balaban J connectivity index is 1.53. The van der Waals surface area contributed by atoms with Crippen LogP contribution in [0.4, 0.5) is 23.1 Å². The number of fused-ring (bicyclic) bond motifs is 1. The van der Waals surface area contributed by atoms with Crippen molar-refractivity contribution >= 4 is 44.9 Å². The number of sulfonamides is 1. The first kappa shape index (κ1) is 24.7. The number of pyridine rings is 1. The van der Waals surface area contributed by atoms with Gasteiger partial charge in [0.05, 0.1) is 23.4 Å². The number of aryl methyl sites for hydroxylation is 1. The third-order valence-electron chi connectivity index (χ3n) is 6.54. The SMILES string of the molecule is Cc1nc(N)nc(-c2cc(C(C)N3CCN(S(C)(=O)=O)CC3)cnc2N2CSc3ccc(N)cc32)n1. The highest BCUT2D eigenvalue weighted by molar-refractivity contribution is 7.99. The van der Waals surface area contributed by atoms with Crippen LogP contribution in [0.2, 0.25) is 0 Å². The van der Waals surface area contributed by atoms with Crippen molar-refractivity contribution in [1.29, 1.82) is 0 Å². The van der Waals surface area contributed by atoms with Crippen LogP contribution in [0.1, 0.15) is 24.4 Å². The summed E-state index contributed by atoms with van der Waals surface area (Å²) in [6.07, 6.45) is 3.13. The molecule has 5 rings (SSSR count). The number of nitrogens with zero attached hydrogens (tertiary/aromatic N) is 7. The van der Waals surface area contributed by atoms with Gasteiger partial charge in [0.15, 0.2) is 5.82 Å². The normalized spacial score (nSPS) is 17.8. The first-order chi connectivity index (χ1) is 17.1. The van der Waals surface area contributed by atoms with Crippen LogP contribution in [-0.4, -0.2) is 75.9 Å². The number of piperazine rings is 1. The Kier molecular flexibility index (Phi) is 6.49. The summed E-state index contributed by atoms with van der Waals surface area (Å²) >= 11 is 1.72. The number of hydrogen-bond donors (Lipinski definition) is 2. The standard InChI is InChI=1S/C23H29N9O2S2/c1-14(30-6-8-31(9-7-30)36(3,33)34)16-10-18(21-27-15(2)28-23(25)29-21)22(26-12-16)32-13-35-20-5-4-17(24)11-19(20)32/h4-5,10-12,14H,6-9,13,24H2,1-3H3,(H2,25,27,28,29). The van der Waals surface area contributed by atoms with Crippen molar-refractivity contribution in [1.82, 2.24) is 29.1 Å². The van der Waals surface area contributed by atoms with E-state index in [0.717, 1.165) is 27.5 Å². The lowest BCUT2D eigenvalue weighted by Crippen LogP contribution is -2.48. The van der Waals surface area contributed by atoms with E-state index in [2.05, 4.69) is 37.7 Å². The molecule has 36 heavy (non-hydrogen) atoms. The molecule has 190 valence electrons. The molecule has 13 heteroatoms. The summed E-state index contributed by atoms with van der Waals surface area (Å²) in [7, 11) is -3.19. The van der Waals surface area contributed by atoms with Crippen LogP contribution in [0.5, 0.6) is 0 Å². The summed E-state index contributed by atoms with van der Waals surface area (Å²) in [5.74, 6) is 2.54. The minimum Gasteiger partial charge on any atom is -0.399 e. The van der Waals surface area contributed by atoms with Crippen LogP contribution in [0.15, 0.2) is 35.4 Å². The zero-order chi connectivity index (χ0) is 25.6. The van der Waals surface area contributed by atoms with Gasteiger partial charge in [-0.05, 0) is 43.7 Å². The molecule has 0 radical (unpaired) electrons. The molecule has 1 unspecified atom stereocenters. The molecule has 0 saturated carbocycles. The summed E-state index contributed by atoms with van der Waals surface area (Å²) in [5, 5.41) is 0. The molecule has 4 N–H and O–H groups in total. The summed E-state index contributed by atoms with van der Waals surface area (Å²) in [5.41, 5.74) is 15.5. The monoisotopic (exact) mass is 527 g/mol. The predicted molar refractivity (Wildman–Crippen MR) is 142 cm³/mol. The summed E-state index contributed by atoms with van der Waals surface area (Å²) in [6.45, 7) is 6.09. The minimum absolute atomic E-state index is 0.0168. The number of nitrogens with two attached hydrogens (primary N) is 2. The molecule has 0 spiro atoms. The molecular weight excluding hydrogens is 498 g/mol. The number of thioether (sulfide) groups is 1. The highest BCUT2D eigenvalue weighted by Gasteiger charge is 2.29. The van der Waals surface area contributed by atoms with Crippen molar-refractivity contribution in [2.45, 2.75) is 24.8 Å². The molecule has 1 atom stereocenters. The Hall–Kier alpha value is -3.00. The maximum absolute atomic E-state index is 11.9. The Bertz CT molecular complexity index is 1390. The molecule has 2 aliphatic heterocycles. The van der Waals surface area contributed by atoms with Crippen LogP contribution in [0, 0.1) is 6.92 Å². The van der Waals surface area contributed by atoms with Crippen LogP contribution >= 0.6 is 11.8 Å². The van der Waals surface area contributed by atoms with E-state index in [1.807, 2.05) is 24.4 Å². The quantitative estimate of drug-likeness (QED) is 0.471. The van der Waals surface area contributed by atoms with E-state index >= 15 is 0 Å². The molecule has 2 aliphatic rings. The van der Waals surface area contributed by atoms with Gasteiger partial charge >= 0.3 is 0 Å². The molecule has 2 aromatic heterocycles. The third-order valence-corrected chi connectivity index (χ3v) is 8.89. The van der Waals surface area contributed by atoms with Crippen LogP contribution in [-0.2, 0) is 10.0 Å². The average molecular weight is 528 g/mol. The third kappa shape index (κ3) is 4.83. The van der Waals surface area contributed by atoms with Gasteiger partial charge in [0.2, 0.25) is 16.0 Å². The highest BCUT2D eigenvalue weighted by atomic mass is 32.2. The molecule has 0 aliphatic carbocycles. The second kappa shape index (κ2) is 9.47. The Morgan fingerprint density at radius 3 is 2.50 bits per heavy atom. The number of aromatic nitrogens is 4. The molecule has 3 aromatic rings. The van der Waals surface area contributed by atoms with Gasteiger partial charge in [-0.15, -0.1) is 11.8 Å². The molecule has 1 saturated heterocycles. The molecule has 1 fully saturated rings. The molecule has 1 aromatic carbocycles. The topological polar surface area (TPSA) is 147 Å². The van der Waals surface area contributed by atoms with Gasteiger partial charge in [0.25, 0.3) is 0 Å². The number of rotatable bonds is 5. The fourth-order valence-corrected chi connectivity index (χ4v) is 6.42. The molecule has 0 amide bonds. The fourth-order valence-electron chi connectivity index (χ4n) is 4.58. The van der Waals surface area contributed by atoms with Crippen LogP contribution in [0.25, 0.3) is 11.4 Å². The first-order valence-electron chi connectivity index (χ1n) is 11.6. The summed E-state index contributed by atoms with van der Waals surface area (Å²) in [4.78, 5) is 23.5. The predicted octanol–water partition coefficient (Wildman–Crippen LogP) is 2.25. The lowest BCUT2D eigenvalue weighted by atomic mass is 10.0. The first-order valence-corrected chi connectivity index (χ1v) is 14.4. The van der Waals surface area contributed by atoms with Gasteiger partial charge in [-0.1, -0.05) is 0 Å². The van der Waals surface area contributed by atoms with E-state index in [9.17, 15) is 8.42 Å². The van der Waals surface area contributed by atoms with Crippen molar-refractivity contribution in [3.63, 3.8) is 0 Å². The highest BCUT2D eigenvalue weighted by Crippen LogP contribution is 2.45. The van der Waals surface area contributed by atoms with E-state index in [1.54, 1.807) is 18.7 Å². The molecular formula is C23H29N9O2S2. The number of benzene rings is 1. The summed E-state index contributed by atoms with van der Waals surface area (Å²) in [6, 6.07) is 7.94. The van der Waals surface area contributed by atoms with Gasteiger partial charge in [0.1, 0.15) is 11.6 Å². The van der Waals surface area contributed by atoms with Gasteiger partial charge in [-0.3, -0.25) is 4.90 Å². The van der Waals surface area contributed by atoms with E-state index in [-0.39, 0.29) is 12.0 Å². The van der Waals surface area contributed by atoms with E-state index in [0.29, 0.717) is 49.4 Å². The number of nitrogen functional groups attached to an aromatic ring is 2. The van der Waals surface area contributed by atoms with Crippen LogP contribution in [0.3, 0.4) is 0 Å². The maximum Gasteiger partial charge on any atom is 0.223 e. The van der Waals surface area contributed by atoms with Crippen molar-refractivity contribution in [2.24, 2.45) is 0 Å². The Morgan fingerprint density at radius 1 is 1.06 bits per heavy atom. The van der Waals surface area contributed by atoms with Crippen molar-refractivity contribution in [3.05, 3.63) is 41.9 Å². The van der Waals surface area contributed by atoms with Gasteiger partial charge in [-0.2, -0.15) is 14.3 Å². The van der Waals surface area contributed by atoms with Gasteiger partial charge in [0, 0.05) is 49.0 Å². The van der Waals surface area contributed by atoms with Gasteiger partial charge < -0.3 is 16.4 Å². The molecule has 11 nitrogen and oxygen atoms in total. The lowest BCUT2D eigenvalue weighted by molar-refractivity contribution is 0.146. The average Bonchev–Trinajstić information content (AvgIpc) is 3.25. The van der Waals surface area contributed by atoms with Crippen molar-refractivity contribution in [2.75, 3.05) is 54.7 Å². The van der Waals surface area contributed by atoms with Crippen molar-refractivity contribution in [3.8, 4) is 11.4 Å². The van der Waals surface area contributed by atoms with Crippen molar-refractivity contribution < 1.29 is 8.42 Å². The number of anilines is 4. The van der Waals surface area contributed by atoms with E-state index < -0.39 is 10.0 Å². The molecule has 4 heterocycles. The second-order valence-corrected chi connectivity index (χ2v) is 12.0. The fraction of sp³-hybridized carbons (Fsp3) is 0.391. The van der Waals surface area contributed by atoms with Crippen LogP contribution < -0.4 is 16.4 Å². The zero-order valence-corrected chi connectivity index (χ0v) is 22.1.